The van der Waals surface area contributed by atoms with Crippen molar-refractivity contribution in [3.05, 3.63) is 59.7 Å². The van der Waals surface area contributed by atoms with Crippen molar-refractivity contribution in [2.45, 2.75) is 62.0 Å². The van der Waals surface area contributed by atoms with E-state index in [0.717, 1.165) is 19.9 Å². The number of carbonyl (C=O) groups is 1. The number of amides is 1. The van der Waals surface area contributed by atoms with Gasteiger partial charge < -0.3 is 10.0 Å². The molecule has 0 radical (unpaired) electrons. The Morgan fingerprint density at radius 3 is 2.43 bits per heavy atom. The van der Waals surface area contributed by atoms with E-state index in [4.69, 9.17) is 0 Å². The van der Waals surface area contributed by atoms with Gasteiger partial charge in [-0.1, -0.05) is 30.3 Å². The molecule has 0 unspecified atom stereocenters. The Bertz CT molecular complexity index is 1240. The third kappa shape index (κ3) is 5.22. The second-order valence-electron chi connectivity index (χ2n) is 9.65. The van der Waals surface area contributed by atoms with Gasteiger partial charge in [0.15, 0.2) is 0 Å². The zero-order valence-electron chi connectivity index (χ0n) is 19.1. The number of alkyl halides is 2. The molecule has 0 aromatic heterocycles. The molecule has 1 aliphatic carbocycles. The minimum atomic E-state index is -4.08. The van der Waals surface area contributed by atoms with Crippen LogP contribution in [-0.2, 0) is 21.2 Å². The van der Waals surface area contributed by atoms with Crippen LogP contribution in [0.2, 0.25) is 0 Å². The number of likely N-dealkylation sites (tertiary alicyclic amines) is 1. The zero-order valence-corrected chi connectivity index (χ0v) is 20.0. The predicted octanol–water partition coefficient (Wildman–Crippen LogP) is 3.24. The molecule has 1 heterocycles. The van der Waals surface area contributed by atoms with Crippen molar-refractivity contribution in [3.63, 3.8) is 0 Å². The highest BCUT2D eigenvalue weighted by Crippen LogP contribution is 2.39. The van der Waals surface area contributed by atoms with Gasteiger partial charge in [0.1, 0.15) is 23.3 Å². The number of nitrogens with zero attached hydrogens (tertiary/aromatic N) is 1. The maximum atomic E-state index is 15.5. The fraction of sp³-hybridized carbons (Fsp3) is 0.458. The highest BCUT2D eigenvalue weighted by atomic mass is 32.2. The van der Waals surface area contributed by atoms with Crippen molar-refractivity contribution in [2.24, 2.45) is 0 Å². The minimum absolute atomic E-state index is 0.0298. The highest BCUT2D eigenvalue weighted by molar-refractivity contribution is 7.90. The number of benzene rings is 2. The third-order valence-corrected chi connectivity index (χ3v) is 8.23. The van der Waals surface area contributed by atoms with E-state index < -0.39 is 69.4 Å². The smallest absolute Gasteiger partial charge is 0.283 e. The average molecular weight is 515 g/mol. The Kier molecular flexibility index (Phi) is 6.48. The van der Waals surface area contributed by atoms with Crippen LogP contribution in [0.5, 0.6) is 0 Å². The van der Waals surface area contributed by atoms with Gasteiger partial charge in [-0.2, -0.15) is 0 Å². The molecule has 190 valence electrons. The summed E-state index contributed by atoms with van der Waals surface area (Å²) in [5, 5.41) is 9.42. The van der Waals surface area contributed by atoms with Crippen molar-refractivity contribution in [1.29, 1.82) is 0 Å². The monoisotopic (exact) mass is 514 g/mol. The largest absolute Gasteiger partial charge is 0.381 e. The van der Waals surface area contributed by atoms with Crippen LogP contribution in [0, 0.1) is 11.6 Å². The summed E-state index contributed by atoms with van der Waals surface area (Å²) >= 11 is 0. The molecule has 1 amide bonds. The van der Waals surface area contributed by atoms with E-state index in [2.05, 4.69) is 4.72 Å². The molecule has 2 aromatic rings. The Morgan fingerprint density at radius 1 is 1.17 bits per heavy atom. The first-order chi connectivity index (χ1) is 16.2. The molecule has 35 heavy (non-hydrogen) atoms. The maximum Gasteiger partial charge on any atom is 0.283 e. The number of nitrogens with one attached hydrogen (secondary N) is 1. The molecule has 0 spiro atoms. The van der Waals surface area contributed by atoms with Crippen molar-refractivity contribution in [1.82, 2.24) is 9.62 Å². The lowest BCUT2D eigenvalue weighted by atomic mass is 9.95. The quantitative estimate of drug-likeness (QED) is 0.556. The van der Waals surface area contributed by atoms with Crippen molar-refractivity contribution in [3.8, 4) is 11.1 Å². The summed E-state index contributed by atoms with van der Waals surface area (Å²) in [6.45, 7) is 1.14. The first-order valence-corrected chi connectivity index (χ1v) is 12.7. The molecule has 11 heteroatoms. The van der Waals surface area contributed by atoms with Gasteiger partial charge in [-0.25, -0.2) is 30.7 Å². The standard InChI is InChI=1S/C24H26F4N2O4S/c1-23(2,32)22(31)30-13-24(27,28)21(29-35(33,34)17-9-10-17)19(30)12-15-6-4-8-18(20(15)26)14-5-3-7-16(25)11-14/h3-8,11,17,19,21,29,32H,9-10,12-13H2,1-2H3/t19-,21+/m0/s1. The SMILES string of the molecule is CC(C)(O)C(=O)N1CC(F)(F)[C@H](NS(=O)(=O)C2CC2)[C@@H]1Cc1cccc(-c2cccc(F)c2)c1F. The van der Waals surface area contributed by atoms with Gasteiger partial charge in [-0.05, 0) is 56.4 Å². The third-order valence-electron chi connectivity index (χ3n) is 6.30. The van der Waals surface area contributed by atoms with Crippen LogP contribution in [0.1, 0.15) is 32.3 Å². The second-order valence-corrected chi connectivity index (χ2v) is 11.6. The lowest BCUT2D eigenvalue weighted by Gasteiger charge is -2.32. The van der Waals surface area contributed by atoms with Crippen molar-refractivity contribution in [2.75, 3.05) is 6.54 Å². The molecular weight excluding hydrogens is 488 g/mol. The molecule has 4 rings (SSSR count). The number of carbonyl (C=O) groups excluding carboxylic acids is 1. The van der Waals surface area contributed by atoms with Gasteiger partial charge in [0, 0.05) is 5.56 Å². The van der Waals surface area contributed by atoms with Crippen molar-refractivity contribution >= 4 is 15.9 Å². The molecule has 2 fully saturated rings. The second kappa shape index (κ2) is 8.86. The summed E-state index contributed by atoms with van der Waals surface area (Å²) in [7, 11) is -4.08. The summed E-state index contributed by atoms with van der Waals surface area (Å²) in [5.41, 5.74) is -1.81. The molecule has 2 aromatic carbocycles. The molecule has 0 bridgehead atoms. The fourth-order valence-electron chi connectivity index (χ4n) is 4.36. The summed E-state index contributed by atoms with van der Waals surface area (Å²) < 4.78 is 86.6. The van der Waals surface area contributed by atoms with E-state index in [1.54, 1.807) is 0 Å². The van der Waals surface area contributed by atoms with E-state index in [0.29, 0.717) is 17.7 Å². The number of aliphatic hydroxyl groups is 1. The van der Waals surface area contributed by atoms with E-state index in [1.165, 1.54) is 36.4 Å². The first kappa shape index (κ1) is 25.6. The van der Waals surface area contributed by atoms with Crippen LogP contribution in [-0.4, -0.2) is 59.7 Å². The molecule has 1 saturated heterocycles. The minimum Gasteiger partial charge on any atom is -0.381 e. The van der Waals surface area contributed by atoms with Gasteiger partial charge in [0.25, 0.3) is 11.8 Å². The van der Waals surface area contributed by atoms with Gasteiger partial charge >= 0.3 is 0 Å². The lowest BCUT2D eigenvalue weighted by molar-refractivity contribution is -0.149. The molecule has 2 atom stereocenters. The maximum absolute atomic E-state index is 15.5. The van der Waals surface area contributed by atoms with Gasteiger partial charge in [-0.3, -0.25) is 4.79 Å². The van der Waals surface area contributed by atoms with Gasteiger partial charge in [0.2, 0.25) is 10.0 Å². The summed E-state index contributed by atoms with van der Waals surface area (Å²) in [6.07, 6.45) is 0.230. The van der Waals surface area contributed by atoms with Crippen LogP contribution >= 0.6 is 0 Å². The molecule has 6 nitrogen and oxygen atoms in total. The Labute approximate surface area is 201 Å². The van der Waals surface area contributed by atoms with E-state index >= 15 is 13.2 Å². The Morgan fingerprint density at radius 2 is 1.83 bits per heavy atom. The number of sulfonamides is 1. The fourth-order valence-corrected chi connectivity index (χ4v) is 6.00. The lowest BCUT2D eigenvalue weighted by Crippen LogP contribution is -2.54. The van der Waals surface area contributed by atoms with E-state index in [1.807, 2.05) is 0 Å². The average Bonchev–Trinajstić information content (AvgIpc) is 3.58. The molecule has 1 saturated carbocycles. The number of hydrogen-bond donors (Lipinski definition) is 2. The van der Waals surface area contributed by atoms with Crippen LogP contribution < -0.4 is 4.72 Å². The Balaban J connectivity index is 1.74. The number of hydrogen-bond acceptors (Lipinski definition) is 4. The Hall–Kier alpha value is -2.50. The topological polar surface area (TPSA) is 86.7 Å². The predicted molar refractivity (Wildman–Crippen MR) is 121 cm³/mol. The van der Waals surface area contributed by atoms with E-state index in [-0.39, 0.29) is 16.7 Å². The summed E-state index contributed by atoms with van der Waals surface area (Å²) in [6, 6.07) is 5.94. The molecule has 2 aliphatic rings. The molecule has 1 aliphatic heterocycles. The van der Waals surface area contributed by atoms with Crippen molar-refractivity contribution < 1.29 is 35.9 Å². The van der Waals surface area contributed by atoms with Gasteiger partial charge in [0.05, 0.1) is 17.8 Å². The summed E-state index contributed by atoms with van der Waals surface area (Å²) in [5.74, 6) is -6.08. The van der Waals surface area contributed by atoms with E-state index in [9.17, 15) is 22.7 Å². The number of rotatable bonds is 7. The van der Waals surface area contributed by atoms with Crippen LogP contribution in [0.3, 0.4) is 0 Å². The van der Waals surface area contributed by atoms with Crippen LogP contribution in [0.4, 0.5) is 17.6 Å². The number of halogens is 4. The first-order valence-electron chi connectivity index (χ1n) is 11.2. The normalized spacial score (nSPS) is 22.4. The van der Waals surface area contributed by atoms with Gasteiger partial charge in [-0.15, -0.1) is 0 Å². The summed E-state index contributed by atoms with van der Waals surface area (Å²) in [4.78, 5) is 13.6. The van der Waals surface area contributed by atoms with Crippen LogP contribution in [0.15, 0.2) is 42.5 Å². The highest BCUT2D eigenvalue weighted by Gasteiger charge is 2.59. The molecular formula is C24H26F4N2O4S. The van der Waals surface area contributed by atoms with Crippen LogP contribution in [0.25, 0.3) is 11.1 Å². The zero-order chi connectivity index (χ0) is 25.8. The molecule has 2 N–H and O–H groups in total.